The summed E-state index contributed by atoms with van der Waals surface area (Å²) in [5.74, 6) is 1.48. The van der Waals surface area contributed by atoms with Gasteiger partial charge in [-0.15, -0.1) is 0 Å². The Hall–Kier alpha value is -3.76. The van der Waals surface area contributed by atoms with Crippen LogP contribution >= 0.6 is 0 Å². The fraction of sp³-hybridized carbons (Fsp3) is 0.0909. The number of hydrogen-bond donors (Lipinski definition) is 0. The van der Waals surface area contributed by atoms with Gasteiger partial charge in [-0.05, 0) is 47.5 Å². The molecule has 3 aromatic rings. The Morgan fingerprint density at radius 3 is 1.35 bits per heavy atom. The zero-order valence-electron chi connectivity index (χ0n) is 14.1. The fourth-order valence-corrected chi connectivity index (χ4v) is 2.50. The van der Waals surface area contributed by atoms with Crippen molar-refractivity contribution in [1.29, 1.82) is 10.5 Å². The van der Waals surface area contributed by atoms with Crippen molar-refractivity contribution in [2.24, 2.45) is 0 Å². The number of rotatable bonds is 6. The van der Waals surface area contributed by atoms with Gasteiger partial charge < -0.3 is 9.47 Å². The number of hydrogen-bond acceptors (Lipinski definition) is 4. The molecular weight excluding hydrogens is 324 g/mol. The quantitative estimate of drug-likeness (QED) is 0.658. The van der Waals surface area contributed by atoms with Gasteiger partial charge in [0.2, 0.25) is 0 Å². The maximum atomic E-state index is 9.28. The predicted molar refractivity (Wildman–Crippen MR) is 97.4 cm³/mol. The highest BCUT2D eigenvalue weighted by molar-refractivity contribution is 5.50. The van der Waals surface area contributed by atoms with Crippen LogP contribution < -0.4 is 9.47 Å². The molecule has 0 N–H and O–H groups in total. The number of ether oxygens (including phenoxy) is 2. The van der Waals surface area contributed by atoms with E-state index < -0.39 is 0 Å². The van der Waals surface area contributed by atoms with E-state index in [9.17, 15) is 10.5 Å². The van der Waals surface area contributed by atoms with E-state index in [2.05, 4.69) is 12.1 Å². The lowest BCUT2D eigenvalue weighted by atomic mass is 10.00. The van der Waals surface area contributed by atoms with Crippen LogP contribution in [0.5, 0.6) is 11.5 Å². The number of para-hydroxylation sites is 2. The largest absolute Gasteiger partial charge is 0.489 e. The molecule has 0 fully saturated rings. The monoisotopic (exact) mass is 340 g/mol. The molecule has 0 radical (unpaired) electrons. The molecule has 3 rings (SSSR count). The van der Waals surface area contributed by atoms with E-state index >= 15 is 0 Å². The molecule has 0 saturated carbocycles. The van der Waals surface area contributed by atoms with Crippen LogP contribution in [0.3, 0.4) is 0 Å². The van der Waals surface area contributed by atoms with E-state index in [-0.39, 0.29) is 13.2 Å². The summed E-state index contributed by atoms with van der Waals surface area (Å²) in [5.41, 5.74) is 2.31. The minimum absolute atomic E-state index is 0.290. The Morgan fingerprint density at radius 1 is 0.615 bits per heavy atom. The molecule has 0 aromatic heterocycles. The molecule has 0 spiro atoms. The summed E-state index contributed by atoms with van der Waals surface area (Å²) in [5, 5.41) is 18.6. The molecule has 0 aliphatic rings. The second-order valence-electron chi connectivity index (χ2n) is 5.59. The summed E-state index contributed by atoms with van der Waals surface area (Å²) >= 11 is 0. The summed E-state index contributed by atoms with van der Waals surface area (Å²) in [6, 6.07) is 26.4. The van der Waals surface area contributed by atoms with Crippen LogP contribution in [0.25, 0.3) is 0 Å². The molecule has 0 saturated heterocycles. The van der Waals surface area contributed by atoms with Crippen LogP contribution in [0, 0.1) is 22.7 Å². The Bertz CT molecular complexity index is 875. The Kier molecular flexibility index (Phi) is 5.50. The molecule has 0 heterocycles. The maximum absolute atomic E-state index is 9.28. The number of benzene rings is 3. The van der Waals surface area contributed by atoms with Crippen molar-refractivity contribution in [3.05, 3.63) is 95.1 Å². The normalized spacial score (nSPS) is 9.77. The molecule has 0 atom stereocenters. The lowest BCUT2D eigenvalue weighted by Gasteiger charge is -2.14. The zero-order valence-corrected chi connectivity index (χ0v) is 14.1. The minimum atomic E-state index is 0.290. The summed E-state index contributed by atoms with van der Waals surface area (Å²) in [6.07, 6.45) is 0. The van der Waals surface area contributed by atoms with Crippen LogP contribution in [0.1, 0.15) is 22.3 Å². The van der Waals surface area contributed by atoms with E-state index in [1.54, 1.807) is 12.1 Å². The maximum Gasteiger partial charge on any atom is 0.119 e. The van der Waals surface area contributed by atoms with Gasteiger partial charge in [-0.3, -0.25) is 0 Å². The summed E-state index contributed by atoms with van der Waals surface area (Å²) < 4.78 is 11.6. The van der Waals surface area contributed by atoms with E-state index in [0.717, 1.165) is 22.6 Å². The molecule has 4 heteroatoms. The Labute approximate surface area is 152 Å². The summed E-state index contributed by atoms with van der Waals surface area (Å²) in [4.78, 5) is 0. The molecule has 0 amide bonds. The molecule has 3 aromatic carbocycles. The van der Waals surface area contributed by atoms with Gasteiger partial charge in [-0.25, -0.2) is 0 Å². The molecule has 26 heavy (non-hydrogen) atoms. The van der Waals surface area contributed by atoms with Crippen molar-refractivity contribution in [1.82, 2.24) is 0 Å². The first-order valence-electron chi connectivity index (χ1n) is 8.12. The first-order valence-corrected chi connectivity index (χ1v) is 8.12. The first kappa shape index (κ1) is 17.1. The number of nitriles is 2. The molecule has 0 bridgehead atoms. The Morgan fingerprint density at radius 2 is 1.00 bits per heavy atom. The van der Waals surface area contributed by atoms with Crippen LogP contribution in [0.15, 0.2) is 72.8 Å². The smallest absolute Gasteiger partial charge is 0.119 e. The third kappa shape index (κ3) is 4.20. The van der Waals surface area contributed by atoms with Gasteiger partial charge in [0.05, 0.1) is 11.1 Å². The van der Waals surface area contributed by atoms with Crippen molar-refractivity contribution in [3.63, 3.8) is 0 Å². The average Bonchev–Trinajstić information content (AvgIpc) is 2.72. The van der Waals surface area contributed by atoms with E-state index in [1.165, 1.54) is 0 Å². The van der Waals surface area contributed by atoms with E-state index in [1.807, 2.05) is 60.7 Å². The van der Waals surface area contributed by atoms with Crippen LogP contribution in [0.2, 0.25) is 0 Å². The standard InChI is InChI=1S/C22H16N2O2/c23-13-17-11-19(15-25-21-7-3-1-4-8-21)20(12-18(17)14-24)16-26-22-9-5-2-6-10-22/h1-12H,15-16H2. The van der Waals surface area contributed by atoms with Crippen molar-refractivity contribution in [3.8, 4) is 23.6 Å². The zero-order chi connectivity index (χ0) is 18.2. The van der Waals surface area contributed by atoms with Crippen molar-refractivity contribution >= 4 is 0 Å². The molecule has 0 unspecified atom stereocenters. The molecule has 0 aliphatic carbocycles. The summed E-state index contributed by atoms with van der Waals surface area (Å²) in [6.45, 7) is 0.579. The lowest BCUT2D eigenvalue weighted by molar-refractivity contribution is 0.285. The first-order chi connectivity index (χ1) is 12.8. The molecule has 4 nitrogen and oxygen atoms in total. The SMILES string of the molecule is N#Cc1cc(COc2ccccc2)c(COc2ccccc2)cc1C#N. The molecular formula is C22H16N2O2. The van der Waals surface area contributed by atoms with Crippen molar-refractivity contribution in [2.45, 2.75) is 13.2 Å². The van der Waals surface area contributed by atoms with Crippen LogP contribution in [-0.4, -0.2) is 0 Å². The lowest BCUT2D eigenvalue weighted by Crippen LogP contribution is -2.06. The highest BCUT2D eigenvalue weighted by Gasteiger charge is 2.11. The molecule has 0 aliphatic heterocycles. The van der Waals surface area contributed by atoms with Gasteiger partial charge in [-0.2, -0.15) is 10.5 Å². The third-order valence-electron chi connectivity index (χ3n) is 3.86. The second-order valence-corrected chi connectivity index (χ2v) is 5.59. The van der Waals surface area contributed by atoms with E-state index in [0.29, 0.717) is 11.1 Å². The highest BCUT2D eigenvalue weighted by Crippen LogP contribution is 2.21. The van der Waals surface area contributed by atoms with Gasteiger partial charge in [0.1, 0.15) is 36.9 Å². The second kappa shape index (κ2) is 8.37. The highest BCUT2D eigenvalue weighted by atomic mass is 16.5. The van der Waals surface area contributed by atoms with Gasteiger partial charge in [0.25, 0.3) is 0 Å². The minimum Gasteiger partial charge on any atom is -0.489 e. The van der Waals surface area contributed by atoms with Gasteiger partial charge in [0, 0.05) is 0 Å². The van der Waals surface area contributed by atoms with Crippen LogP contribution in [-0.2, 0) is 13.2 Å². The topological polar surface area (TPSA) is 66.0 Å². The molecule has 126 valence electrons. The third-order valence-corrected chi connectivity index (χ3v) is 3.86. The van der Waals surface area contributed by atoms with Gasteiger partial charge in [-0.1, -0.05) is 36.4 Å². The number of nitrogens with zero attached hydrogens (tertiary/aromatic N) is 2. The van der Waals surface area contributed by atoms with Gasteiger partial charge >= 0.3 is 0 Å². The van der Waals surface area contributed by atoms with Crippen molar-refractivity contribution < 1.29 is 9.47 Å². The van der Waals surface area contributed by atoms with E-state index in [4.69, 9.17) is 9.47 Å². The Balaban J connectivity index is 1.85. The van der Waals surface area contributed by atoms with Crippen molar-refractivity contribution in [2.75, 3.05) is 0 Å². The predicted octanol–water partition coefficient (Wildman–Crippen LogP) is 4.59. The average molecular weight is 340 g/mol. The summed E-state index contributed by atoms with van der Waals surface area (Å²) in [7, 11) is 0. The van der Waals surface area contributed by atoms with Gasteiger partial charge in [0.15, 0.2) is 0 Å². The fourth-order valence-electron chi connectivity index (χ4n) is 2.50. The van der Waals surface area contributed by atoms with Crippen LogP contribution in [0.4, 0.5) is 0 Å².